The molecule has 0 aromatic heterocycles. The summed E-state index contributed by atoms with van der Waals surface area (Å²) in [6.45, 7) is 0. The Morgan fingerprint density at radius 1 is 0.941 bits per heavy atom. The normalized spacial score (nSPS) is 36.7. The van der Waals surface area contributed by atoms with Crippen molar-refractivity contribution in [2.24, 2.45) is 0 Å². The van der Waals surface area contributed by atoms with E-state index in [4.69, 9.17) is 23.2 Å². The largest absolute Gasteiger partial charge is 0.375 e. The summed E-state index contributed by atoms with van der Waals surface area (Å²) in [5.41, 5.74) is 0. The minimum atomic E-state index is -1.13. The maximum Gasteiger partial charge on any atom is 0.135 e. The molecule has 0 aromatic carbocycles. The molecule has 2 N–H and O–H groups in total. The van der Waals surface area contributed by atoms with E-state index in [9.17, 15) is 10.2 Å². The molecule has 2 atom stereocenters. The van der Waals surface area contributed by atoms with Gasteiger partial charge >= 0.3 is 0 Å². The third-order valence-corrected chi connectivity index (χ3v) is 4.41. The van der Waals surface area contributed by atoms with E-state index in [0.29, 0.717) is 22.9 Å². The van der Waals surface area contributed by atoms with Crippen LogP contribution >= 0.6 is 35.0 Å². The van der Waals surface area contributed by atoms with Crippen molar-refractivity contribution >= 4 is 35.0 Å². The van der Waals surface area contributed by atoms with Crippen molar-refractivity contribution in [2.75, 3.05) is 0 Å². The molecule has 92 valence electrons. The van der Waals surface area contributed by atoms with Crippen LogP contribution in [0.5, 0.6) is 0 Å². The van der Waals surface area contributed by atoms with E-state index in [0.717, 1.165) is 11.8 Å². The first kappa shape index (κ1) is 13.2. The number of rotatable bonds is 2. The van der Waals surface area contributed by atoms with Gasteiger partial charge in [0.05, 0.1) is 0 Å². The summed E-state index contributed by atoms with van der Waals surface area (Å²) in [4.78, 5) is -2.26. The average Bonchev–Trinajstić information content (AvgIpc) is 2.28. The molecule has 0 fully saturated rings. The van der Waals surface area contributed by atoms with Crippen LogP contribution in [-0.2, 0) is 0 Å². The lowest BCUT2D eigenvalue weighted by Crippen LogP contribution is -2.33. The van der Waals surface area contributed by atoms with Crippen molar-refractivity contribution in [3.05, 3.63) is 46.5 Å². The molecule has 0 amide bonds. The number of aliphatic hydroxyl groups is 2. The molecule has 2 aliphatic carbocycles. The number of allylic oxidation sites excluding steroid dienone is 4. The first-order chi connectivity index (χ1) is 7.91. The highest BCUT2D eigenvalue weighted by Gasteiger charge is 2.37. The van der Waals surface area contributed by atoms with Crippen molar-refractivity contribution in [2.45, 2.75) is 22.7 Å². The van der Waals surface area contributed by atoms with Crippen LogP contribution in [0, 0.1) is 0 Å². The summed E-state index contributed by atoms with van der Waals surface area (Å²) >= 11 is 12.7. The van der Waals surface area contributed by atoms with Gasteiger partial charge in [-0.1, -0.05) is 47.1 Å². The zero-order chi connectivity index (χ0) is 12.5. The lowest BCUT2D eigenvalue weighted by atomic mass is 10.1. The summed E-state index contributed by atoms with van der Waals surface area (Å²) in [5.74, 6) is 0. The van der Waals surface area contributed by atoms with Gasteiger partial charge in [0.2, 0.25) is 0 Å². The number of halogens is 2. The first-order valence-electron chi connectivity index (χ1n) is 5.16. The van der Waals surface area contributed by atoms with Gasteiger partial charge in [0.25, 0.3) is 0 Å². The smallest absolute Gasteiger partial charge is 0.135 e. The molecule has 0 radical (unpaired) electrons. The second kappa shape index (κ2) is 4.82. The third-order valence-electron chi connectivity index (χ3n) is 2.54. The third kappa shape index (κ3) is 3.39. The molecule has 2 rings (SSSR count). The molecule has 17 heavy (non-hydrogen) atoms. The van der Waals surface area contributed by atoms with Gasteiger partial charge in [0, 0.05) is 22.9 Å². The van der Waals surface area contributed by atoms with Crippen LogP contribution in [0.4, 0.5) is 0 Å². The predicted octanol–water partition coefficient (Wildman–Crippen LogP) is 3.26. The van der Waals surface area contributed by atoms with Crippen molar-refractivity contribution in [1.82, 2.24) is 0 Å². The van der Waals surface area contributed by atoms with Crippen LogP contribution in [0.2, 0.25) is 0 Å². The summed E-state index contributed by atoms with van der Waals surface area (Å²) in [7, 11) is 0. The second-order valence-electron chi connectivity index (χ2n) is 4.04. The molecule has 0 aliphatic heterocycles. The Hall–Kier alpha value is -0.190. The van der Waals surface area contributed by atoms with Crippen LogP contribution in [-0.4, -0.2) is 20.1 Å². The fourth-order valence-electron chi connectivity index (χ4n) is 1.64. The number of hydrogen-bond acceptors (Lipinski definition) is 3. The Balaban J connectivity index is 2.07. The molecule has 0 saturated carbocycles. The van der Waals surface area contributed by atoms with Gasteiger partial charge in [0.15, 0.2) is 0 Å². The summed E-state index contributed by atoms with van der Waals surface area (Å²) in [6.07, 6.45) is 10.7. The summed E-state index contributed by atoms with van der Waals surface area (Å²) < 4.78 is 0. The highest BCUT2D eigenvalue weighted by atomic mass is 35.5. The standard InChI is InChI=1S/C12H12Cl2O2S/c13-9-1-5-11(15,6-2-9)17-12(16)7-3-10(14)4-8-12/h1-5,7,15-16H,6,8H2/t11-,12-/m1/s1. The van der Waals surface area contributed by atoms with Crippen molar-refractivity contribution < 1.29 is 10.2 Å². The Bertz CT molecular complexity index is 402. The highest BCUT2D eigenvalue weighted by Crippen LogP contribution is 2.44. The van der Waals surface area contributed by atoms with E-state index in [1.54, 1.807) is 36.5 Å². The Morgan fingerprint density at radius 2 is 1.35 bits per heavy atom. The molecule has 0 bridgehead atoms. The maximum absolute atomic E-state index is 10.3. The van der Waals surface area contributed by atoms with E-state index in [2.05, 4.69) is 0 Å². The number of thioether (sulfide) groups is 1. The molecule has 0 unspecified atom stereocenters. The SMILES string of the molecule is O[C@@]1(S[C@]2(O)C=CC(Cl)=CC2)C=CC(Cl)=CC1. The quantitative estimate of drug-likeness (QED) is 0.767. The van der Waals surface area contributed by atoms with Gasteiger partial charge in [-0.2, -0.15) is 0 Å². The maximum atomic E-state index is 10.3. The lowest BCUT2D eigenvalue weighted by molar-refractivity contribution is 0.157. The zero-order valence-electron chi connectivity index (χ0n) is 8.94. The van der Waals surface area contributed by atoms with Crippen molar-refractivity contribution in [3.63, 3.8) is 0 Å². The van der Waals surface area contributed by atoms with Crippen LogP contribution in [0.25, 0.3) is 0 Å². The van der Waals surface area contributed by atoms with Gasteiger partial charge in [-0.25, -0.2) is 0 Å². The van der Waals surface area contributed by atoms with Crippen LogP contribution in [0.3, 0.4) is 0 Å². The van der Waals surface area contributed by atoms with E-state index in [1.807, 2.05) is 0 Å². The molecule has 0 saturated heterocycles. The molecule has 0 aromatic rings. The second-order valence-corrected chi connectivity index (χ2v) is 6.54. The van der Waals surface area contributed by atoms with E-state index < -0.39 is 9.87 Å². The van der Waals surface area contributed by atoms with Gasteiger partial charge in [0.1, 0.15) is 9.87 Å². The van der Waals surface area contributed by atoms with E-state index in [-0.39, 0.29) is 0 Å². The van der Waals surface area contributed by atoms with Gasteiger partial charge in [-0.3, -0.25) is 0 Å². The fraction of sp³-hybridized carbons (Fsp3) is 0.333. The van der Waals surface area contributed by atoms with Gasteiger partial charge < -0.3 is 10.2 Å². The summed E-state index contributed by atoms with van der Waals surface area (Å²) in [6, 6.07) is 0. The topological polar surface area (TPSA) is 40.5 Å². The molecule has 0 heterocycles. The van der Waals surface area contributed by atoms with Crippen LogP contribution in [0.1, 0.15) is 12.8 Å². The van der Waals surface area contributed by atoms with Crippen LogP contribution < -0.4 is 0 Å². The average molecular weight is 291 g/mol. The van der Waals surface area contributed by atoms with E-state index >= 15 is 0 Å². The Morgan fingerprint density at radius 3 is 1.65 bits per heavy atom. The molecule has 2 nitrogen and oxygen atoms in total. The zero-order valence-corrected chi connectivity index (χ0v) is 11.3. The number of hydrogen-bond donors (Lipinski definition) is 2. The monoisotopic (exact) mass is 290 g/mol. The Labute approximate surface area is 114 Å². The fourth-order valence-corrected chi connectivity index (χ4v) is 3.13. The van der Waals surface area contributed by atoms with Gasteiger partial charge in [-0.05, 0) is 24.3 Å². The molecule has 2 aliphatic rings. The summed E-state index contributed by atoms with van der Waals surface area (Å²) in [5, 5.41) is 21.8. The first-order valence-corrected chi connectivity index (χ1v) is 6.73. The van der Waals surface area contributed by atoms with Crippen molar-refractivity contribution in [1.29, 1.82) is 0 Å². The minimum Gasteiger partial charge on any atom is -0.375 e. The van der Waals surface area contributed by atoms with E-state index in [1.165, 1.54) is 0 Å². The lowest BCUT2D eigenvalue weighted by Gasteiger charge is -2.34. The highest BCUT2D eigenvalue weighted by molar-refractivity contribution is 8.01. The van der Waals surface area contributed by atoms with Gasteiger partial charge in [-0.15, -0.1) is 0 Å². The molecular formula is C12H12Cl2O2S. The molecule has 5 heteroatoms. The van der Waals surface area contributed by atoms with Crippen molar-refractivity contribution in [3.8, 4) is 0 Å². The van der Waals surface area contributed by atoms with Crippen LogP contribution in [0.15, 0.2) is 46.5 Å². The molecule has 0 spiro atoms. The Kier molecular flexibility index (Phi) is 3.76. The predicted molar refractivity (Wildman–Crippen MR) is 72.9 cm³/mol. The molecular weight excluding hydrogens is 279 g/mol. The minimum absolute atomic E-state index is 0.376.